The van der Waals surface area contributed by atoms with Crippen LogP contribution in [0.2, 0.25) is 0 Å². The third kappa shape index (κ3) is 4.32. The zero-order valence-corrected chi connectivity index (χ0v) is 18.7. The second-order valence-corrected chi connectivity index (χ2v) is 8.36. The van der Waals surface area contributed by atoms with E-state index in [1.807, 2.05) is 54.8 Å². The average molecular weight is 484 g/mol. The summed E-state index contributed by atoms with van der Waals surface area (Å²) < 4.78 is 17.6. The summed E-state index contributed by atoms with van der Waals surface area (Å²) in [6, 6.07) is 15.5. The first kappa shape index (κ1) is 20.4. The molecule has 0 N–H and O–H groups in total. The van der Waals surface area contributed by atoms with Crippen LogP contribution in [-0.2, 0) is 16.1 Å². The van der Waals surface area contributed by atoms with Crippen LogP contribution < -0.4 is 9.47 Å². The molecule has 5 nitrogen and oxygen atoms in total. The van der Waals surface area contributed by atoms with Gasteiger partial charge in [-0.1, -0.05) is 30.3 Å². The predicted octanol–water partition coefficient (Wildman–Crippen LogP) is 5.75. The molecule has 0 amide bonds. The Hall–Kier alpha value is -2.90. The molecule has 0 unspecified atom stereocenters. The first-order valence-electron chi connectivity index (χ1n) is 9.16. The smallest absolute Gasteiger partial charge is 0.363 e. The fourth-order valence-electron chi connectivity index (χ4n) is 2.96. The number of aliphatic imine (C=N–C) groups is 1. The number of aryl methyl sites for hydroxylation is 1. The second-order valence-electron chi connectivity index (χ2n) is 6.56. The number of ether oxygens (including phenoxy) is 3. The van der Waals surface area contributed by atoms with Crippen molar-refractivity contribution in [2.75, 3.05) is 7.11 Å². The predicted molar refractivity (Wildman–Crippen MR) is 121 cm³/mol. The standard InChI is InChI=1S/C23H18BrNO4S/c1-14-6-3-4-7-16(14)13-28-21-17(24)10-15(12-19(21)27-2)11-18-23(26)29-22(25-18)20-8-5-9-30-20/h3-12H,13H2,1-2H3. The van der Waals surface area contributed by atoms with Crippen molar-refractivity contribution in [3.05, 3.63) is 85.6 Å². The molecule has 0 aliphatic carbocycles. The van der Waals surface area contributed by atoms with Crippen LogP contribution in [0.3, 0.4) is 0 Å². The van der Waals surface area contributed by atoms with Crippen LogP contribution in [0.4, 0.5) is 0 Å². The molecule has 7 heteroatoms. The van der Waals surface area contributed by atoms with Gasteiger partial charge in [0.15, 0.2) is 17.2 Å². The average Bonchev–Trinajstić information content (AvgIpc) is 3.38. The highest BCUT2D eigenvalue weighted by Gasteiger charge is 2.25. The molecule has 2 aromatic carbocycles. The SMILES string of the molecule is COc1cc(C=C2N=C(c3cccs3)OC2=O)cc(Br)c1OCc1ccccc1C. The maximum atomic E-state index is 12.2. The highest BCUT2D eigenvalue weighted by Crippen LogP contribution is 2.38. The number of nitrogens with zero attached hydrogens (tertiary/aromatic N) is 1. The summed E-state index contributed by atoms with van der Waals surface area (Å²) in [5.41, 5.74) is 3.24. The van der Waals surface area contributed by atoms with E-state index in [-0.39, 0.29) is 5.70 Å². The number of methoxy groups -OCH3 is 1. The van der Waals surface area contributed by atoms with Gasteiger partial charge < -0.3 is 14.2 Å². The third-order valence-electron chi connectivity index (χ3n) is 4.54. The van der Waals surface area contributed by atoms with Crippen molar-refractivity contribution < 1.29 is 19.0 Å². The highest BCUT2D eigenvalue weighted by atomic mass is 79.9. The zero-order chi connectivity index (χ0) is 21.1. The number of benzene rings is 2. The quantitative estimate of drug-likeness (QED) is 0.330. The van der Waals surface area contributed by atoms with Crippen LogP contribution >= 0.6 is 27.3 Å². The van der Waals surface area contributed by atoms with Crippen molar-refractivity contribution >= 4 is 45.2 Å². The molecule has 1 aromatic heterocycles. The van der Waals surface area contributed by atoms with Gasteiger partial charge >= 0.3 is 5.97 Å². The molecule has 1 aliphatic rings. The lowest BCUT2D eigenvalue weighted by molar-refractivity contribution is -0.129. The number of carbonyl (C=O) groups is 1. The zero-order valence-electron chi connectivity index (χ0n) is 16.3. The van der Waals surface area contributed by atoms with Gasteiger partial charge in [-0.25, -0.2) is 9.79 Å². The molecule has 4 rings (SSSR count). The van der Waals surface area contributed by atoms with Gasteiger partial charge in [-0.2, -0.15) is 0 Å². The number of esters is 1. The monoisotopic (exact) mass is 483 g/mol. The Morgan fingerprint density at radius 3 is 2.77 bits per heavy atom. The van der Waals surface area contributed by atoms with Crippen LogP contribution in [0.5, 0.6) is 11.5 Å². The van der Waals surface area contributed by atoms with Crippen LogP contribution in [0.25, 0.3) is 6.08 Å². The van der Waals surface area contributed by atoms with E-state index in [2.05, 4.69) is 20.9 Å². The minimum atomic E-state index is -0.478. The highest BCUT2D eigenvalue weighted by molar-refractivity contribution is 9.10. The van der Waals surface area contributed by atoms with E-state index in [4.69, 9.17) is 14.2 Å². The van der Waals surface area contributed by atoms with Crippen molar-refractivity contribution in [2.24, 2.45) is 4.99 Å². The van der Waals surface area contributed by atoms with Crippen molar-refractivity contribution in [1.82, 2.24) is 0 Å². The molecule has 152 valence electrons. The lowest BCUT2D eigenvalue weighted by atomic mass is 10.1. The van der Waals surface area contributed by atoms with Crippen molar-refractivity contribution in [1.29, 1.82) is 0 Å². The molecule has 0 fully saturated rings. The van der Waals surface area contributed by atoms with E-state index in [9.17, 15) is 4.79 Å². The molecule has 0 radical (unpaired) electrons. The van der Waals surface area contributed by atoms with Crippen molar-refractivity contribution in [3.63, 3.8) is 0 Å². The van der Waals surface area contributed by atoms with E-state index in [0.717, 1.165) is 26.0 Å². The Kier molecular flexibility index (Phi) is 6.01. The molecule has 0 bridgehead atoms. The summed E-state index contributed by atoms with van der Waals surface area (Å²) in [4.78, 5) is 17.4. The number of hydrogen-bond donors (Lipinski definition) is 0. The summed E-state index contributed by atoms with van der Waals surface area (Å²) in [5, 5.41) is 1.91. The Morgan fingerprint density at radius 1 is 1.20 bits per heavy atom. The van der Waals surface area contributed by atoms with E-state index in [1.54, 1.807) is 19.3 Å². The Balaban J connectivity index is 1.60. The van der Waals surface area contributed by atoms with E-state index < -0.39 is 5.97 Å². The largest absolute Gasteiger partial charge is 0.493 e. The number of halogens is 1. The van der Waals surface area contributed by atoms with Crippen LogP contribution in [0.15, 0.2) is 69.1 Å². The summed E-state index contributed by atoms with van der Waals surface area (Å²) >= 11 is 5.02. The number of carbonyl (C=O) groups excluding carboxylic acids is 1. The summed E-state index contributed by atoms with van der Waals surface area (Å²) in [7, 11) is 1.58. The summed E-state index contributed by atoms with van der Waals surface area (Å²) in [6.45, 7) is 2.47. The van der Waals surface area contributed by atoms with Crippen LogP contribution in [-0.4, -0.2) is 19.0 Å². The number of cyclic esters (lactones) is 1. The van der Waals surface area contributed by atoms with Gasteiger partial charge in [0.2, 0.25) is 5.90 Å². The lowest BCUT2D eigenvalue weighted by Gasteiger charge is -2.14. The van der Waals surface area contributed by atoms with E-state index in [0.29, 0.717) is 24.0 Å². The number of thiophene rings is 1. The Bertz CT molecular complexity index is 1150. The molecule has 30 heavy (non-hydrogen) atoms. The topological polar surface area (TPSA) is 57.1 Å². The molecule has 3 aromatic rings. The molecule has 1 aliphatic heterocycles. The molecular formula is C23H18BrNO4S. The summed E-state index contributed by atoms with van der Waals surface area (Å²) in [6.07, 6.45) is 1.67. The first-order chi connectivity index (χ1) is 14.5. The number of hydrogen-bond acceptors (Lipinski definition) is 6. The van der Waals surface area contributed by atoms with E-state index in [1.165, 1.54) is 11.3 Å². The van der Waals surface area contributed by atoms with Crippen LogP contribution in [0.1, 0.15) is 21.6 Å². The van der Waals surface area contributed by atoms with Crippen LogP contribution in [0, 0.1) is 6.92 Å². The maximum Gasteiger partial charge on any atom is 0.363 e. The van der Waals surface area contributed by atoms with E-state index >= 15 is 0 Å². The Morgan fingerprint density at radius 2 is 2.03 bits per heavy atom. The molecular weight excluding hydrogens is 466 g/mol. The van der Waals surface area contributed by atoms with Gasteiger partial charge in [0.1, 0.15) is 6.61 Å². The lowest BCUT2D eigenvalue weighted by Crippen LogP contribution is -2.03. The van der Waals surface area contributed by atoms with Gasteiger partial charge in [0.25, 0.3) is 0 Å². The first-order valence-corrected chi connectivity index (χ1v) is 10.8. The second kappa shape index (κ2) is 8.85. The van der Waals surface area contributed by atoms with Gasteiger partial charge in [-0.05, 0) is 69.2 Å². The fraction of sp³-hybridized carbons (Fsp3) is 0.130. The van der Waals surface area contributed by atoms with Gasteiger partial charge in [0, 0.05) is 0 Å². The Labute approximate surface area is 186 Å². The summed E-state index contributed by atoms with van der Waals surface area (Å²) in [5.74, 6) is 0.997. The molecule has 0 spiro atoms. The third-order valence-corrected chi connectivity index (χ3v) is 5.99. The van der Waals surface area contributed by atoms with Crippen molar-refractivity contribution in [3.8, 4) is 11.5 Å². The number of rotatable bonds is 6. The minimum absolute atomic E-state index is 0.237. The maximum absolute atomic E-state index is 12.2. The molecule has 0 saturated carbocycles. The minimum Gasteiger partial charge on any atom is -0.493 e. The molecule has 0 atom stereocenters. The molecule has 0 saturated heterocycles. The van der Waals surface area contributed by atoms with Gasteiger partial charge in [-0.15, -0.1) is 11.3 Å². The van der Waals surface area contributed by atoms with Gasteiger partial charge in [-0.3, -0.25) is 0 Å². The van der Waals surface area contributed by atoms with Crippen molar-refractivity contribution in [2.45, 2.75) is 13.5 Å². The fourth-order valence-corrected chi connectivity index (χ4v) is 4.18. The molecule has 2 heterocycles. The normalized spacial score (nSPS) is 14.6. The van der Waals surface area contributed by atoms with Gasteiger partial charge in [0.05, 0.1) is 16.5 Å².